The van der Waals surface area contributed by atoms with Gasteiger partial charge in [0.25, 0.3) is 0 Å². The quantitative estimate of drug-likeness (QED) is 0.369. The van der Waals surface area contributed by atoms with E-state index in [1.165, 1.54) is 11.1 Å². The van der Waals surface area contributed by atoms with Crippen LogP contribution in [0.2, 0.25) is 0 Å². The van der Waals surface area contributed by atoms with Crippen LogP contribution in [0.25, 0.3) is 23.0 Å². The first-order valence-corrected chi connectivity index (χ1v) is 12.2. The molecule has 0 saturated carbocycles. The molecule has 2 aromatic heterocycles. The minimum absolute atomic E-state index is 0.464. The van der Waals surface area contributed by atoms with Crippen LogP contribution >= 0.6 is 0 Å². The Morgan fingerprint density at radius 1 is 0.889 bits per heavy atom. The molecule has 0 amide bonds. The van der Waals surface area contributed by atoms with E-state index in [1.807, 2.05) is 41.0 Å². The van der Waals surface area contributed by atoms with E-state index in [9.17, 15) is 5.26 Å². The molecule has 0 aliphatic carbocycles. The fraction of sp³-hybridized carbons (Fsp3) is 0.276. The second kappa shape index (κ2) is 9.84. The molecule has 1 fully saturated rings. The lowest BCUT2D eigenvalue weighted by molar-refractivity contribution is 0.122. The van der Waals surface area contributed by atoms with Gasteiger partial charge in [0.05, 0.1) is 24.5 Å². The average molecular weight is 479 g/mol. The zero-order valence-corrected chi connectivity index (χ0v) is 21.2. The van der Waals surface area contributed by atoms with Crippen LogP contribution in [0.5, 0.6) is 0 Å². The maximum absolute atomic E-state index is 10.2. The number of nitriles is 1. The van der Waals surface area contributed by atoms with Gasteiger partial charge < -0.3 is 14.2 Å². The van der Waals surface area contributed by atoms with E-state index < -0.39 is 0 Å². The first-order valence-electron chi connectivity index (χ1n) is 12.2. The number of aromatic nitrogens is 4. The van der Waals surface area contributed by atoms with Crippen molar-refractivity contribution in [2.24, 2.45) is 0 Å². The van der Waals surface area contributed by atoms with Crippen molar-refractivity contribution in [3.8, 4) is 17.4 Å². The number of anilines is 1. The maximum Gasteiger partial charge on any atom is 0.232 e. The predicted octanol–water partition coefficient (Wildman–Crippen LogP) is 5.19. The van der Waals surface area contributed by atoms with Gasteiger partial charge in [-0.15, -0.1) is 10.2 Å². The average Bonchev–Trinajstić information content (AvgIpc) is 3.46. The number of para-hydroxylation sites is 1. The highest BCUT2D eigenvalue weighted by Gasteiger charge is 2.24. The van der Waals surface area contributed by atoms with Gasteiger partial charge >= 0.3 is 0 Å². The van der Waals surface area contributed by atoms with E-state index >= 15 is 0 Å². The number of morpholine rings is 1. The Morgan fingerprint density at radius 3 is 2.33 bits per heavy atom. The van der Waals surface area contributed by atoms with Crippen LogP contribution in [0.1, 0.15) is 33.9 Å². The van der Waals surface area contributed by atoms with Crippen LogP contribution in [-0.4, -0.2) is 45.6 Å². The number of hydrogen-bond acceptors (Lipinski definition) is 5. The predicted molar refractivity (Wildman–Crippen MR) is 143 cm³/mol. The molecule has 1 aliphatic heterocycles. The summed E-state index contributed by atoms with van der Waals surface area (Å²) < 4.78 is 9.74. The Kier molecular flexibility index (Phi) is 6.45. The standard InChI is InChI=1S/C29H30N6O/c1-20-10-11-27(16-21(20)2)34-22(3)17-24(23(34)4)18-25(19-30)28-31-32-29(33-12-14-36-15-13-33)35(28)26-8-6-5-7-9-26/h5-11,16-18H,12-15H2,1-4H3. The van der Waals surface area contributed by atoms with E-state index in [0.29, 0.717) is 24.6 Å². The van der Waals surface area contributed by atoms with E-state index in [-0.39, 0.29) is 0 Å². The minimum Gasteiger partial charge on any atom is -0.378 e. The van der Waals surface area contributed by atoms with Gasteiger partial charge in [0, 0.05) is 30.2 Å². The van der Waals surface area contributed by atoms with Gasteiger partial charge in [-0.05, 0) is 80.8 Å². The number of hydrogen-bond donors (Lipinski definition) is 0. The third kappa shape index (κ3) is 4.32. The lowest BCUT2D eigenvalue weighted by Gasteiger charge is -2.28. The first-order chi connectivity index (χ1) is 17.5. The summed E-state index contributed by atoms with van der Waals surface area (Å²) in [6.07, 6.45) is 1.92. The third-order valence-electron chi connectivity index (χ3n) is 6.83. The molecule has 1 saturated heterocycles. The largest absolute Gasteiger partial charge is 0.378 e. The lowest BCUT2D eigenvalue weighted by atomic mass is 10.1. The number of ether oxygens (including phenoxy) is 1. The van der Waals surface area contributed by atoms with Gasteiger partial charge in [-0.1, -0.05) is 24.3 Å². The van der Waals surface area contributed by atoms with Gasteiger partial charge in [0.15, 0.2) is 5.82 Å². The van der Waals surface area contributed by atoms with Crippen LogP contribution in [0, 0.1) is 39.0 Å². The number of nitrogens with zero attached hydrogens (tertiary/aromatic N) is 6. The molecule has 0 bridgehead atoms. The summed E-state index contributed by atoms with van der Waals surface area (Å²) in [6.45, 7) is 11.2. The van der Waals surface area contributed by atoms with Crippen molar-refractivity contribution in [2.75, 3.05) is 31.2 Å². The number of benzene rings is 2. The maximum atomic E-state index is 10.2. The zero-order valence-electron chi connectivity index (χ0n) is 21.2. The van der Waals surface area contributed by atoms with Gasteiger partial charge in [0.2, 0.25) is 5.95 Å². The Morgan fingerprint density at radius 2 is 1.64 bits per heavy atom. The zero-order chi connectivity index (χ0) is 25.2. The summed E-state index contributed by atoms with van der Waals surface area (Å²) in [5.74, 6) is 1.25. The van der Waals surface area contributed by atoms with Crippen molar-refractivity contribution in [1.82, 2.24) is 19.3 Å². The Labute approximate surface area is 211 Å². The second-order valence-electron chi connectivity index (χ2n) is 9.19. The summed E-state index contributed by atoms with van der Waals surface area (Å²) in [6, 6.07) is 21.0. The fourth-order valence-corrected chi connectivity index (χ4v) is 4.73. The normalized spacial score (nSPS) is 14.2. The molecule has 7 nitrogen and oxygen atoms in total. The molecule has 2 aromatic carbocycles. The summed E-state index contributed by atoms with van der Waals surface area (Å²) in [5.41, 5.74) is 8.18. The summed E-state index contributed by atoms with van der Waals surface area (Å²) in [4.78, 5) is 2.16. The molecular weight excluding hydrogens is 448 g/mol. The van der Waals surface area contributed by atoms with Crippen molar-refractivity contribution >= 4 is 17.6 Å². The Hall–Kier alpha value is -4.15. The second-order valence-corrected chi connectivity index (χ2v) is 9.19. The molecule has 7 heteroatoms. The summed E-state index contributed by atoms with van der Waals surface area (Å²) in [5, 5.41) is 19.3. The van der Waals surface area contributed by atoms with E-state index in [4.69, 9.17) is 4.74 Å². The molecular formula is C29H30N6O. The van der Waals surface area contributed by atoms with Crippen molar-refractivity contribution in [2.45, 2.75) is 27.7 Å². The van der Waals surface area contributed by atoms with Crippen molar-refractivity contribution in [1.29, 1.82) is 5.26 Å². The summed E-state index contributed by atoms with van der Waals surface area (Å²) >= 11 is 0. The van der Waals surface area contributed by atoms with Gasteiger partial charge in [-0.2, -0.15) is 5.26 Å². The van der Waals surface area contributed by atoms with Crippen molar-refractivity contribution < 1.29 is 4.74 Å². The molecule has 182 valence electrons. The van der Waals surface area contributed by atoms with Crippen LogP contribution in [0.4, 0.5) is 5.95 Å². The molecule has 4 aromatic rings. The van der Waals surface area contributed by atoms with Gasteiger partial charge in [-0.25, -0.2) is 0 Å². The molecule has 36 heavy (non-hydrogen) atoms. The fourth-order valence-electron chi connectivity index (χ4n) is 4.73. The van der Waals surface area contributed by atoms with Crippen LogP contribution in [0.3, 0.4) is 0 Å². The molecule has 0 radical (unpaired) electrons. The van der Waals surface area contributed by atoms with Gasteiger partial charge in [0.1, 0.15) is 6.07 Å². The minimum atomic E-state index is 0.464. The highest BCUT2D eigenvalue weighted by molar-refractivity contribution is 5.89. The SMILES string of the molecule is Cc1ccc(-n2c(C)cc(C=C(C#N)c3nnc(N4CCOCC4)n3-c3ccccc3)c2C)cc1C. The number of allylic oxidation sites excluding steroid dienone is 1. The Bertz CT molecular complexity index is 1470. The number of aryl methyl sites for hydroxylation is 3. The van der Waals surface area contributed by atoms with Crippen LogP contribution in [-0.2, 0) is 4.74 Å². The number of rotatable bonds is 5. The third-order valence-corrected chi connectivity index (χ3v) is 6.83. The van der Waals surface area contributed by atoms with E-state index in [2.05, 4.69) is 77.7 Å². The molecule has 0 atom stereocenters. The lowest BCUT2D eigenvalue weighted by Crippen LogP contribution is -2.38. The van der Waals surface area contributed by atoms with Crippen LogP contribution < -0.4 is 4.90 Å². The summed E-state index contributed by atoms with van der Waals surface area (Å²) in [7, 11) is 0. The molecule has 1 aliphatic rings. The van der Waals surface area contributed by atoms with E-state index in [1.54, 1.807) is 0 Å². The van der Waals surface area contributed by atoms with Gasteiger partial charge in [-0.3, -0.25) is 4.57 Å². The van der Waals surface area contributed by atoms with Crippen LogP contribution in [0.15, 0.2) is 54.6 Å². The van der Waals surface area contributed by atoms with Crippen molar-refractivity contribution in [3.63, 3.8) is 0 Å². The monoisotopic (exact) mass is 478 g/mol. The topological polar surface area (TPSA) is 71.9 Å². The first kappa shape index (κ1) is 23.6. The highest BCUT2D eigenvalue weighted by atomic mass is 16.5. The molecule has 0 unspecified atom stereocenters. The molecule has 5 rings (SSSR count). The molecule has 0 N–H and O–H groups in total. The smallest absolute Gasteiger partial charge is 0.232 e. The highest BCUT2D eigenvalue weighted by Crippen LogP contribution is 2.29. The van der Waals surface area contributed by atoms with E-state index in [0.717, 1.165) is 47.4 Å². The molecule has 0 spiro atoms. The Balaban J connectivity index is 1.62. The van der Waals surface area contributed by atoms with Crippen molar-refractivity contribution in [3.05, 3.63) is 88.5 Å². The molecule has 3 heterocycles.